The summed E-state index contributed by atoms with van der Waals surface area (Å²) >= 11 is 0. The minimum atomic E-state index is -2.59. The molecule has 0 aromatic rings. The molecule has 1 heterocycles. The molecule has 1 aliphatic heterocycles. The van der Waals surface area contributed by atoms with Gasteiger partial charge < -0.3 is 0 Å². The molecule has 0 atom stereocenters. The van der Waals surface area contributed by atoms with Crippen LogP contribution in [-0.2, 0) is 9.59 Å². The maximum atomic E-state index is 10.8. The fourth-order valence-corrected chi connectivity index (χ4v) is 0.577. The fraction of sp³-hybridized carbons (Fsp3) is 0.600. The number of imide groups is 1. The quantitative estimate of drug-likeness (QED) is 0.410. The van der Waals surface area contributed by atoms with E-state index in [9.17, 15) is 9.59 Å². The molecule has 2 amide bonds. The Bertz CT molecular complexity index is 194. The van der Waals surface area contributed by atoms with Crippen molar-refractivity contribution in [2.24, 2.45) is 0 Å². The van der Waals surface area contributed by atoms with Gasteiger partial charge in [0.05, 0.1) is 0 Å². The van der Waals surface area contributed by atoms with Crippen LogP contribution in [0, 0.1) is 0 Å². The highest BCUT2D eigenvalue weighted by Gasteiger charge is 2.24. The highest BCUT2D eigenvalue weighted by Crippen LogP contribution is 2.07. The Morgan fingerprint density at radius 3 is 2.25 bits per heavy atom. The number of nitrogens with zero attached hydrogens (tertiary/aromatic N) is 1. The summed E-state index contributed by atoms with van der Waals surface area (Å²) in [5.41, 5.74) is 0. The molecule has 0 aliphatic carbocycles. The first kappa shape index (κ1) is 2.62. The SMILES string of the molecule is [2H]C([2H])([2H])N1C(=O)CCC1=O. The molecule has 1 fully saturated rings. The molecule has 0 aromatic heterocycles. The maximum Gasteiger partial charge on any atom is 0.229 e. The zero-order chi connectivity index (χ0) is 8.65. The second-order valence-corrected chi connectivity index (χ2v) is 1.62. The number of hydrogen-bond donors (Lipinski definition) is 0. The zero-order valence-corrected chi connectivity index (χ0v) is 4.18. The summed E-state index contributed by atoms with van der Waals surface area (Å²) in [7, 11) is 0. The number of hydrogen-bond acceptors (Lipinski definition) is 2. The van der Waals surface area contributed by atoms with Gasteiger partial charge in [-0.05, 0) is 0 Å². The summed E-state index contributed by atoms with van der Waals surface area (Å²) in [6, 6.07) is 0. The van der Waals surface area contributed by atoms with Crippen LogP contribution in [0.4, 0.5) is 0 Å². The lowest BCUT2D eigenvalue weighted by Gasteiger charge is -2.01. The van der Waals surface area contributed by atoms with Gasteiger partial charge in [-0.3, -0.25) is 14.5 Å². The predicted molar refractivity (Wildman–Crippen MR) is 27.0 cm³/mol. The minimum absolute atomic E-state index is 0.0250. The van der Waals surface area contributed by atoms with E-state index < -0.39 is 18.8 Å². The third-order valence-corrected chi connectivity index (χ3v) is 1.05. The van der Waals surface area contributed by atoms with Crippen LogP contribution in [-0.4, -0.2) is 23.7 Å². The molecule has 0 radical (unpaired) electrons. The molecule has 0 spiro atoms. The van der Waals surface area contributed by atoms with Gasteiger partial charge in [-0.2, -0.15) is 0 Å². The van der Waals surface area contributed by atoms with Crippen molar-refractivity contribution in [2.45, 2.75) is 12.8 Å². The van der Waals surface area contributed by atoms with E-state index in [1.54, 1.807) is 0 Å². The van der Waals surface area contributed by atoms with Gasteiger partial charge in [-0.1, -0.05) is 0 Å². The number of amides is 2. The Morgan fingerprint density at radius 2 is 2.00 bits per heavy atom. The molecule has 0 N–H and O–H groups in total. The Kier molecular flexibility index (Phi) is 0.516. The second-order valence-electron chi connectivity index (χ2n) is 1.62. The van der Waals surface area contributed by atoms with Crippen molar-refractivity contribution in [2.75, 3.05) is 6.98 Å². The van der Waals surface area contributed by atoms with Crippen LogP contribution in [0.25, 0.3) is 0 Å². The first-order valence-corrected chi connectivity index (χ1v) is 2.29. The van der Waals surface area contributed by atoms with Gasteiger partial charge in [-0.15, -0.1) is 0 Å². The largest absolute Gasteiger partial charge is 0.286 e. The summed E-state index contributed by atoms with van der Waals surface area (Å²) in [4.78, 5) is 21.9. The Morgan fingerprint density at radius 1 is 1.50 bits per heavy atom. The van der Waals surface area contributed by atoms with Crippen molar-refractivity contribution in [1.82, 2.24) is 4.90 Å². The van der Waals surface area contributed by atoms with Gasteiger partial charge in [0.1, 0.15) is 0 Å². The molecule has 3 nitrogen and oxygen atoms in total. The Labute approximate surface area is 51.5 Å². The normalized spacial score (nSPS) is 27.5. The van der Waals surface area contributed by atoms with Crippen LogP contribution in [0.3, 0.4) is 0 Å². The lowest BCUT2D eigenvalue weighted by Crippen LogP contribution is -2.23. The average molecular weight is 116 g/mol. The maximum absolute atomic E-state index is 10.8. The van der Waals surface area contributed by atoms with Crippen LogP contribution in [0.15, 0.2) is 0 Å². The van der Waals surface area contributed by atoms with E-state index in [1.807, 2.05) is 0 Å². The third-order valence-electron chi connectivity index (χ3n) is 1.05. The highest BCUT2D eigenvalue weighted by atomic mass is 16.2. The molecule has 3 heteroatoms. The molecular weight excluding hydrogens is 106 g/mol. The fourth-order valence-electron chi connectivity index (χ4n) is 0.577. The van der Waals surface area contributed by atoms with E-state index in [4.69, 9.17) is 4.11 Å². The summed E-state index contributed by atoms with van der Waals surface area (Å²) in [5, 5.41) is 0. The Hall–Kier alpha value is -0.860. The predicted octanol–water partition coefficient (Wildman–Crippen LogP) is -0.235. The molecule has 0 saturated carbocycles. The summed E-state index contributed by atoms with van der Waals surface area (Å²) in [6.45, 7) is -2.59. The van der Waals surface area contributed by atoms with Gasteiger partial charge in [-0.25, -0.2) is 0 Å². The van der Waals surface area contributed by atoms with Crippen molar-refractivity contribution in [3.8, 4) is 0 Å². The standard InChI is InChI=1S/C5H7NO2/c1-6-4(7)2-3-5(6)8/h2-3H2,1H3/i1D3. The van der Waals surface area contributed by atoms with E-state index in [0.29, 0.717) is 4.90 Å². The molecule has 0 aromatic carbocycles. The number of carbonyl (C=O) groups is 2. The van der Waals surface area contributed by atoms with Crippen LogP contribution in [0.1, 0.15) is 17.0 Å². The lowest BCUT2D eigenvalue weighted by atomic mass is 10.4. The van der Waals surface area contributed by atoms with Crippen LogP contribution in [0.5, 0.6) is 0 Å². The average Bonchev–Trinajstić information content (AvgIpc) is 2.08. The van der Waals surface area contributed by atoms with Gasteiger partial charge in [0, 0.05) is 23.9 Å². The molecule has 0 bridgehead atoms. The van der Waals surface area contributed by atoms with Gasteiger partial charge in [0.25, 0.3) is 0 Å². The number of carbonyl (C=O) groups excluding carboxylic acids is 2. The van der Waals surface area contributed by atoms with Gasteiger partial charge >= 0.3 is 0 Å². The van der Waals surface area contributed by atoms with Crippen molar-refractivity contribution in [1.29, 1.82) is 0 Å². The third kappa shape index (κ3) is 0.598. The van der Waals surface area contributed by atoms with Crippen LogP contribution < -0.4 is 0 Å². The number of likely N-dealkylation sites (tertiary alicyclic amines) is 1. The van der Waals surface area contributed by atoms with Crippen molar-refractivity contribution in [3.05, 3.63) is 0 Å². The highest BCUT2D eigenvalue weighted by molar-refractivity contribution is 6.01. The molecule has 44 valence electrons. The van der Waals surface area contributed by atoms with E-state index in [1.165, 1.54) is 0 Å². The minimum Gasteiger partial charge on any atom is -0.286 e. The second kappa shape index (κ2) is 1.58. The monoisotopic (exact) mass is 116 g/mol. The molecule has 8 heavy (non-hydrogen) atoms. The van der Waals surface area contributed by atoms with Gasteiger partial charge in [0.2, 0.25) is 11.8 Å². The summed E-state index contributed by atoms with van der Waals surface area (Å²) in [6.07, 6.45) is 0.0500. The lowest BCUT2D eigenvalue weighted by molar-refractivity contribution is -0.136. The number of rotatable bonds is 0. The van der Waals surface area contributed by atoms with E-state index in [2.05, 4.69) is 0 Å². The van der Waals surface area contributed by atoms with Crippen LogP contribution >= 0.6 is 0 Å². The van der Waals surface area contributed by atoms with E-state index >= 15 is 0 Å². The van der Waals surface area contributed by atoms with E-state index in [0.717, 1.165) is 0 Å². The summed E-state index contributed by atoms with van der Waals surface area (Å²) < 4.78 is 20.4. The first-order valence-electron chi connectivity index (χ1n) is 3.79. The van der Waals surface area contributed by atoms with Crippen molar-refractivity contribution >= 4 is 11.8 Å². The summed E-state index contributed by atoms with van der Waals surface area (Å²) in [5.74, 6) is -1.20. The Balaban J connectivity index is 2.85. The van der Waals surface area contributed by atoms with Crippen molar-refractivity contribution in [3.63, 3.8) is 0 Å². The van der Waals surface area contributed by atoms with Crippen molar-refractivity contribution < 1.29 is 13.7 Å². The van der Waals surface area contributed by atoms with Crippen LogP contribution in [0.2, 0.25) is 0 Å². The van der Waals surface area contributed by atoms with Gasteiger partial charge in [0.15, 0.2) is 0 Å². The molecule has 0 unspecified atom stereocenters. The molecule has 1 aliphatic rings. The molecule has 1 rings (SSSR count). The smallest absolute Gasteiger partial charge is 0.229 e. The van der Waals surface area contributed by atoms with E-state index in [-0.39, 0.29) is 12.8 Å². The zero-order valence-electron chi connectivity index (χ0n) is 7.18. The first-order chi connectivity index (χ1) is 4.93. The topological polar surface area (TPSA) is 37.4 Å². The molecule has 1 saturated heterocycles. The molecular formula is C5H7NO2.